The van der Waals surface area contributed by atoms with Crippen LogP contribution in [-0.2, 0) is 6.42 Å². The minimum absolute atomic E-state index is 1.21. The number of unbranched alkanes of at least 4 members (excludes halogenated alkanes) is 2. The second kappa shape index (κ2) is 5.69. The summed E-state index contributed by atoms with van der Waals surface area (Å²) >= 11 is 0. The van der Waals surface area contributed by atoms with Gasteiger partial charge in [0.1, 0.15) is 0 Å². The Morgan fingerprint density at radius 3 is 2.75 bits per heavy atom. The van der Waals surface area contributed by atoms with Gasteiger partial charge in [-0.25, -0.2) is 0 Å². The minimum Gasteiger partial charge on any atom is -0.0761 e. The molecule has 1 aliphatic rings. The molecule has 0 atom stereocenters. The molecule has 2 rings (SSSR count). The Morgan fingerprint density at radius 1 is 0.938 bits per heavy atom. The fraction of sp³-hybridized carbons (Fsp3) is 0.312. The van der Waals surface area contributed by atoms with E-state index in [1.165, 1.54) is 42.4 Å². The highest BCUT2D eigenvalue weighted by molar-refractivity contribution is 5.61. The monoisotopic (exact) mass is 211 g/mol. The van der Waals surface area contributed by atoms with Crippen molar-refractivity contribution in [2.45, 2.75) is 32.6 Å². The van der Waals surface area contributed by atoms with Crippen LogP contribution in [0.15, 0.2) is 36.4 Å². The van der Waals surface area contributed by atoms with Gasteiger partial charge in [-0.1, -0.05) is 62.3 Å². The molecular weight excluding hydrogens is 192 g/mol. The van der Waals surface area contributed by atoms with Gasteiger partial charge in [-0.15, -0.1) is 0 Å². The molecule has 0 nitrogen and oxygen atoms in total. The molecule has 1 aromatic carbocycles. The van der Waals surface area contributed by atoms with Gasteiger partial charge in [-0.05, 0) is 29.5 Å². The molecule has 0 N–H and O–H groups in total. The first-order valence-corrected chi connectivity index (χ1v) is 6.21. The molecular formula is C16H19. The van der Waals surface area contributed by atoms with E-state index in [-0.39, 0.29) is 0 Å². The molecule has 0 fully saturated rings. The highest BCUT2D eigenvalue weighted by atomic mass is 14.1. The van der Waals surface area contributed by atoms with Crippen molar-refractivity contribution in [3.8, 4) is 0 Å². The lowest BCUT2D eigenvalue weighted by molar-refractivity contribution is 0.717. The van der Waals surface area contributed by atoms with Crippen LogP contribution >= 0.6 is 0 Å². The molecule has 1 aromatic rings. The minimum atomic E-state index is 1.21. The van der Waals surface area contributed by atoms with Crippen molar-refractivity contribution in [2.24, 2.45) is 0 Å². The largest absolute Gasteiger partial charge is 0.0761 e. The van der Waals surface area contributed by atoms with Crippen LogP contribution in [0.1, 0.15) is 42.9 Å². The molecule has 0 heteroatoms. The fourth-order valence-corrected chi connectivity index (χ4v) is 2.04. The summed E-state index contributed by atoms with van der Waals surface area (Å²) in [5.41, 5.74) is 4.13. The summed E-state index contributed by atoms with van der Waals surface area (Å²) in [7, 11) is 0. The molecule has 16 heavy (non-hydrogen) atoms. The van der Waals surface area contributed by atoms with E-state index in [0.717, 1.165) is 0 Å². The van der Waals surface area contributed by atoms with Gasteiger partial charge in [0.25, 0.3) is 0 Å². The second-order valence-electron chi connectivity index (χ2n) is 4.33. The number of allylic oxidation sites excluding steroid dienone is 3. The van der Waals surface area contributed by atoms with Crippen molar-refractivity contribution in [1.29, 1.82) is 0 Å². The van der Waals surface area contributed by atoms with Gasteiger partial charge in [0.2, 0.25) is 0 Å². The maximum atomic E-state index is 2.32. The molecule has 1 aliphatic carbocycles. The SMILES string of the molecule is CCCCCc1ccc2c(c1)C=CC=C[CH]2. The van der Waals surface area contributed by atoms with Gasteiger partial charge in [-0.2, -0.15) is 0 Å². The van der Waals surface area contributed by atoms with E-state index in [9.17, 15) is 0 Å². The van der Waals surface area contributed by atoms with Crippen LogP contribution in [0.2, 0.25) is 0 Å². The third kappa shape index (κ3) is 2.85. The molecule has 0 amide bonds. The maximum Gasteiger partial charge on any atom is 0.0131 e. The molecule has 0 aliphatic heterocycles. The van der Waals surface area contributed by atoms with Gasteiger partial charge >= 0.3 is 0 Å². The molecule has 0 spiro atoms. The van der Waals surface area contributed by atoms with Gasteiger partial charge in [0.05, 0.1) is 0 Å². The first-order valence-electron chi connectivity index (χ1n) is 6.21. The average Bonchev–Trinajstić information content (AvgIpc) is 2.54. The second-order valence-corrected chi connectivity index (χ2v) is 4.33. The summed E-state index contributed by atoms with van der Waals surface area (Å²) in [6, 6.07) is 6.82. The van der Waals surface area contributed by atoms with Crippen molar-refractivity contribution in [1.82, 2.24) is 0 Å². The van der Waals surface area contributed by atoms with E-state index in [1.807, 2.05) is 0 Å². The van der Waals surface area contributed by atoms with Crippen LogP contribution in [0.25, 0.3) is 6.08 Å². The highest BCUT2D eigenvalue weighted by Crippen LogP contribution is 2.19. The first-order chi connectivity index (χ1) is 7.90. The number of fused-ring (bicyclic) bond motifs is 1. The number of hydrogen-bond donors (Lipinski definition) is 0. The summed E-state index contributed by atoms with van der Waals surface area (Å²) < 4.78 is 0. The lowest BCUT2D eigenvalue weighted by atomic mass is 9.99. The summed E-state index contributed by atoms with van der Waals surface area (Å²) in [4.78, 5) is 0. The predicted molar refractivity (Wildman–Crippen MR) is 71.2 cm³/mol. The molecule has 0 unspecified atom stereocenters. The van der Waals surface area contributed by atoms with Crippen molar-refractivity contribution >= 4 is 6.08 Å². The van der Waals surface area contributed by atoms with Crippen molar-refractivity contribution in [3.05, 3.63) is 59.5 Å². The van der Waals surface area contributed by atoms with Gasteiger partial charge in [0.15, 0.2) is 0 Å². The van der Waals surface area contributed by atoms with E-state index < -0.39 is 0 Å². The Kier molecular flexibility index (Phi) is 3.98. The fourth-order valence-electron chi connectivity index (χ4n) is 2.04. The Balaban J connectivity index is 2.10. The van der Waals surface area contributed by atoms with Crippen LogP contribution in [-0.4, -0.2) is 0 Å². The number of aryl methyl sites for hydroxylation is 1. The van der Waals surface area contributed by atoms with Gasteiger partial charge in [-0.3, -0.25) is 0 Å². The van der Waals surface area contributed by atoms with Crippen LogP contribution in [0.4, 0.5) is 0 Å². The van der Waals surface area contributed by atoms with Crippen LogP contribution in [0.3, 0.4) is 0 Å². The van der Waals surface area contributed by atoms with E-state index in [4.69, 9.17) is 0 Å². The lowest BCUT2D eigenvalue weighted by Gasteiger charge is -2.06. The molecule has 1 radical (unpaired) electrons. The molecule has 0 aromatic heterocycles. The zero-order chi connectivity index (χ0) is 11.2. The standard InChI is InChI=1S/C16H19/c1-2-3-5-8-14-11-12-15-9-6-4-7-10-16(15)13-14/h4,6-7,9-13H,2-3,5,8H2,1H3. The molecule has 0 saturated heterocycles. The number of benzene rings is 1. The van der Waals surface area contributed by atoms with Crippen LogP contribution < -0.4 is 0 Å². The molecule has 0 bridgehead atoms. The van der Waals surface area contributed by atoms with Crippen LogP contribution in [0.5, 0.6) is 0 Å². The number of rotatable bonds is 4. The summed E-state index contributed by atoms with van der Waals surface area (Å²) in [6.45, 7) is 2.25. The quantitative estimate of drug-likeness (QED) is 0.641. The number of hydrogen-bond acceptors (Lipinski definition) is 0. The highest BCUT2D eigenvalue weighted by Gasteiger charge is 2.02. The molecule has 83 valence electrons. The van der Waals surface area contributed by atoms with E-state index in [1.54, 1.807) is 0 Å². The normalized spacial score (nSPS) is 13.6. The smallest absolute Gasteiger partial charge is 0.0131 e. The topological polar surface area (TPSA) is 0 Å². The molecule has 0 saturated carbocycles. The van der Waals surface area contributed by atoms with Crippen molar-refractivity contribution in [2.75, 3.05) is 0 Å². The summed E-state index contributed by atoms with van der Waals surface area (Å²) in [5, 5.41) is 0. The zero-order valence-electron chi connectivity index (χ0n) is 9.95. The maximum absolute atomic E-state index is 2.32. The Morgan fingerprint density at radius 2 is 1.88 bits per heavy atom. The predicted octanol–water partition coefficient (Wildman–Crippen LogP) is 4.55. The van der Waals surface area contributed by atoms with Gasteiger partial charge in [0, 0.05) is 6.42 Å². The third-order valence-corrected chi connectivity index (χ3v) is 2.99. The third-order valence-electron chi connectivity index (χ3n) is 2.99. The van der Waals surface area contributed by atoms with Crippen LogP contribution in [0, 0.1) is 6.42 Å². The summed E-state index contributed by atoms with van der Waals surface area (Å²) in [6.07, 6.45) is 15.8. The Bertz CT molecular complexity index is 396. The van der Waals surface area contributed by atoms with Crippen molar-refractivity contribution in [3.63, 3.8) is 0 Å². The lowest BCUT2D eigenvalue weighted by Crippen LogP contribution is -1.90. The molecule has 0 heterocycles. The van der Waals surface area contributed by atoms with Crippen molar-refractivity contribution < 1.29 is 0 Å². The summed E-state index contributed by atoms with van der Waals surface area (Å²) in [5.74, 6) is 0. The van der Waals surface area contributed by atoms with E-state index >= 15 is 0 Å². The van der Waals surface area contributed by atoms with E-state index in [0.29, 0.717) is 0 Å². The van der Waals surface area contributed by atoms with E-state index in [2.05, 4.69) is 55.8 Å². The van der Waals surface area contributed by atoms with Gasteiger partial charge < -0.3 is 0 Å². The average molecular weight is 211 g/mol. The Hall–Kier alpha value is -1.30. The Labute approximate surface area is 98.7 Å². The zero-order valence-corrected chi connectivity index (χ0v) is 9.95. The first kappa shape index (κ1) is 11.2.